The fourth-order valence-corrected chi connectivity index (χ4v) is 4.61. The minimum Gasteiger partial charge on any atom is -0.496 e. The van der Waals surface area contributed by atoms with Gasteiger partial charge in [-0.2, -0.15) is 0 Å². The Morgan fingerprint density at radius 2 is 1.69 bits per heavy atom. The molecule has 1 heterocycles. The average molecular weight is 402 g/mol. The van der Waals surface area contributed by atoms with Crippen molar-refractivity contribution >= 4 is 27.3 Å². The van der Waals surface area contributed by atoms with Gasteiger partial charge in [0.2, 0.25) is 0 Å². The number of methoxy groups -OCH3 is 1. The lowest BCUT2D eigenvalue weighted by atomic mass is 10.0. The van der Waals surface area contributed by atoms with Gasteiger partial charge in [0, 0.05) is 16.8 Å². The molecule has 3 nitrogen and oxygen atoms in total. The lowest BCUT2D eigenvalue weighted by molar-refractivity contribution is 0.0954. The summed E-state index contributed by atoms with van der Waals surface area (Å²) in [5.41, 5.74) is 4.49. The van der Waals surface area contributed by atoms with Gasteiger partial charge in [-0.15, -0.1) is 11.3 Å². The summed E-state index contributed by atoms with van der Waals surface area (Å²) >= 11 is 1.56. The Hall–Kier alpha value is -3.11. The van der Waals surface area contributed by atoms with Crippen LogP contribution >= 0.6 is 11.3 Å². The molecule has 0 atom stereocenters. The molecule has 0 bridgehead atoms. The quantitative estimate of drug-likeness (QED) is 0.447. The number of benzene rings is 3. The first-order valence-corrected chi connectivity index (χ1v) is 10.4. The number of hydrogen-bond donors (Lipinski definition) is 1. The van der Waals surface area contributed by atoms with Crippen LogP contribution in [-0.2, 0) is 13.0 Å². The highest BCUT2D eigenvalue weighted by atomic mass is 32.1. The first-order valence-electron chi connectivity index (χ1n) is 9.62. The molecule has 0 saturated carbocycles. The molecule has 0 radical (unpaired) electrons. The minimum absolute atomic E-state index is 0.0424. The van der Waals surface area contributed by atoms with E-state index >= 15 is 0 Å². The number of hydrogen-bond acceptors (Lipinski definition) is 3. The van der Waals surface area contributed by atoms with Crippen LogP contribution in [-0.4, -0.2) is 13.0 Å². The number of thiophene rings is 1. The van der Waals surface area contributed by atoms with Crippen molar-refractivity contribution < 1.29 is 9.53 Å². The molecule has 0 unspecified atom stereocenters. The second-order valence-electron chi connectivity index (χ2n) is 7.06. The van der Waals surface area contributed by atoms with Gasteiger partial charge < -0.3 is 10.1 Å². The molecule has 4 aromatic rings. The number of nitrogens with one attached hydrogen (secondary N) is 1. The van der Waals surface area contributed by atoms with Crippen molar-refractivity contribution in [3.8, 4) is 5.75 Å². The maximum absolute atomic E-state index is 13.1. The minimum atomic E-state index is -0.0424. The van der Waals surface area contributed by atoms with Crippen LogP contribution in [0.4, 0.5) is 0 Å². The van der Waals surface area contributed by atoms with E-state index < -0.39 is 0 Å². The van der Waals surface area contributed by atoms with Crippen LogP contribution in [0, 0.1) is 6.92 Å². The van der Waals surface area contributed by atoms with Gasteiger partial charge in [-0.1, -0.05) is 66.2 Å². The normalized spacial score (nSPS) is 10.8. The molecular formula is C25H23NO2S. The second kappa shape index (κ2) is 8.50. The number of carbonyl (C=O) groups is 1. The summed E-state index contributed by atoms with van der Waals surface area (Å²) < 4.78 is 6.53. The maximum atomic E-state index is 13.1. The van der Waals surface area contributed by atoms with E-state index in [1.165, 1.54) is 11.1 Å². The fraction of sp³-hybridized carbons (Fsp3) is 0.160. The van der Waals surface area contributed by atoms with Gasteiger partial charge in [-0.3, -0.25) is 4.79 Å². The molecule has 0 aliphatic rings. The summed E-state index contributed by atoms with van der Waals surface area (Å²) in [4.78, 5) is 13.9. The van der Waals surface area contributed by atoms with Gasteiger partial charge in [-0.05, 0) is 42.0 Å². The van der Waals surface area contributed by atoms with E-state index in [-0.39, 0.29) is 5.91 Å². The van der Waals surface area contributed by atoms with Crippen molar-refractivity contribution in [2.75, 3.05) is 7.11 Å². The van der Waals surface area contributed by atoms with Crippen LogP contribution in [0.1, 0.15) is 31.9 Å². The van der Waals surface area contributed by atoms with Crippen LogP contribution in [0.2, 0.25) is 0 Å². The van der Waals surface area contributed by atoms with Crippen LogP contribution in [0.15, 0.2) is 72.8 Å². The Balaban J connectivity index is 1.63. The third-order valence-corrected chi connectivity index (χ3v) is 6.25. The Bertz CT molecular complexity index is 1150. The predicted octanol–water partition coefficient (Wildman–Crippen LogP) is 5.74. The van der Waals surface area contributed by atoms with Crippen LogP contribution in [0.5, 0.6) is 5.75 Å². The van der Waals surface area contributed by atoms with Crippen LogP contribution in [0.25, 0.3) is 10.1 Å². The standard InChI is InChI=1S/C25H23NO2S/c1-17-11-13-18(14-12-17)15-21-20-8-4-6-10-23(20)29-24(21)25(27)26-16-19-7-3-5-9-22(19)28-2/h3-14H,15-16H2,1-2H3,(H,26,27). The van der Waals surface area contributed by atoms with E-state index in [2.05, 4.69) is 48.6 Å². The third kappa shape index (κ3) is 4.17. The molecule has 0 aliphatic heterocycles. The molecule has 1 aromatic heterocycles. The van der Waals surface area contributed by atoms with E-state index in [4.69, 9.17) is 4.74 Å². The SMILES string of the molecule is COc1ccccc1CNC(=O)c1sc2ccccc2c1Cc1ccc(C)cc1. The van der Waals surface area contributed by atoms with Gasteiger partial charge >= 0.3 is 0 Å². The summed E-state index contributed by atoms with van der Waals surface area (Å²) in [5.74, 6) is 0.739. The number of para-hydroxylation sites is 1. The first-order chi connectivity index (χ1) is 14.2. The molecule has 4 heteroatoms. The molecule has 146 valence electrons. The van der Waals surface area contributed by atoms with Gasteiger partial charge in [-0.25, -0.2) is 0 Å². The number of amides is 1. The molecule has 29 heavy (non-hydrogen) atoms. The molecule has 0 saturated heterocycles. The van der Waals surface area contributed by atoms with E-state index in [9.17, 15) is 4.79 Å². The summed E-state index contributed by atoms with van der Waals surface area (Å²) in [6, 6.07) is 24.5. The number of carbonyl (C=O) groups excluding carboxylic acids is 1. The van der Waals surface area contributed by atoms with Gasteiger partial charge in [0.1, 0.15) is 5.75 Å². The van der Waals surface area contributed by atoms with Crippen molar-refractivity contribution in [2.24, 2.45) is 0 Å². The van der Waals surface area contributed by atoms with Crippen LogP contribution < -0.4 is 10.1 Å². The zero-order valence-electron chi connectivity index (χ0n) is 16.6. The zero-order chi connectivity index (χ0) is 20.2. The lowest BCUT2D eigenvalue weighted by Gasteiger charge is -2.10. The molecule has 1 amide bonds. The van der Waals surface area contributed by atoms with Crippen molar-refractivity contribution in [3.63, 3.8) is 0 Å². The fourth-order valence-electron chi connectivity index (χ4n) is 3.47. The molecule has 0 aliphatic carbocycles. The molecule has 0 fully saturated rings. The number of rotatable bonds is 6. The molecule has 4 rings (SSSR count). The summed E-state index contributed by atoms with van der Waals surface area (Å²) in [5, 5.41) is 4.23. The highest BCUT2D eigenvalue weighted by Crippen LogP contribution is 2.33. The molecule has 0 spiro atoms. The largest absolute Gasteiger partial charge is 0.496 e. The Labute approximate surface area is 175 Å². The lowest BCUT2D eigenvalue weighted by Crippen LogP contribution is -2.23. The smallest absolute Gasteiger partial charge is 0.261 e. The zero-order valence-corrected chi connectivity index (χ0v) is 17.4. The van der Waals surface area contributed by atoms with E-state index in [0.29, 0.717) is 6.54 Å². The summed E-state index contributed by atoms with van der Waals surface area (Å²) in [6.45, 7) is 2.52. The van der Waals surface area contributed by atoms with Crippen molar-refractivity contribution in [1.29, 1.82) is 0 Å². The Morgan fingerprint density at radius 3 is 2.48 bits per heavy atom. The highest BCUT2D eigenvalue weighted by Gasteiger charge is 2.19. The second-order valence-corrected chi connectivity index (χ2v) is 8.11. The van der Waals surface area contributed by atoms with Gasteiger partial charge in [0.15, 0.2) is 0 Å². The highest BCUT2D eigenvalue weighted by molar-refractivity contribution is 7.21. The Kier molecular flexibility index (Phi) is 5.63. The van der Waals surface area contributed by atoms with E-state index in [0.717, 1.165) is 38.3 Å². The van der Waals surface area contributed by atoms with E-state index in [1.54, 1.807) is 18.4 Å². The number of aryl methyl sites for hydroxylation is 1. The van der Waals surface area contributed by atoms with Crippen molar-refractivity contribution in [2.45, 2.75) is 19.9 Å². The third-order valence-electron chi connectivity index (χ3n) is 5.04. The summed E-state index contributed by atoms with van der Waals surface area (Å²) in [6.07, 6.45) is 0.738. The molecule has 3 aromatic carbocycles. The first kappa shape index (κ1) is 19.2. The number of ether oxygens (including phenoxy) is 1. The monoisotopic (exact) mass is 401 g/mol. The van der Waals surface area contributed by atoms with Crippen LogP contribution in [0.3, 0.4) is 0 Å². The number of fused-ring (bicyclic) bond motifs is 1. The Morgan fingerprint density at radius 1 is 0.966 bits per heavy atom. The van der Waals surface area contributed by atoms with Crippen molar-refractivity contribution in [1.82, 2.24) is 5.32 Å². The predicted molar refractivity (Wildman–Crippen MR) is 120 cm³/mol. The van der Waals surface area contributed by atoms with Gasteiger partial charge in [0.25, 0.3) is 5.91 Å². The maximum Gasteiger partial charge on any atom is 0.261 e. The molecule has 1 N–H and O–H groups in total. The van der Waals surface area contributed by atoms with E-state index in [1.807, 2.05) is 36.4 Å². The topological polar surface area (TPSA) is 38.3 Å². The average Bonchev–Trinajstić information content (AvgIpc) is 3.12. The molecular weight excluding hydrogens is 378 g/mol. The van der Waals surface area contributed by atoms with Crippen molar-refractivity contribution in [3.05, 3.63) is 99.9 Å². The van der Waals surface area contributed by atoms with Gasteiger partial charge in [0.05, 0.1) is 12.0 Å². The summed E-state index contributed by atoms with van der Waals surface area (Å²) in [7, 11) is 1.65.